The summed E-state index contributed by atoms with van der Waals surface area (Å²) in [5, 5.41) is 0. The van der Waals surface area contributed by atoms with Crippen LogP contribution in [0.5, 0.6) is 0 Å². The molecule has 0 aliphatic rings. The van der Waals surface area contributed by atoms with Crippen molar-refractivity contribution < 1.29 is 8.78 Å². The molecular weight excluding hydrogens is 541 g/mol. The third kappa shape index (κ3) is 5.69. The zero-order valence-electron chi connectivity index (χ0n) is 21.1. The fourth-order valence-electron chi connectivity index (χ4n) is 5.67. The van der Waals surface area contributed by atoms with E-state index in [1.54, 1.807) is 24.3 Å². The van der Waals surface area contributed by atoms with Crippen molar-refractivity contribution in [2.24, 2.45) is 0 Å². The van der Waals surface area contributed by atoms with Crippen molar-refractivity contribution >= 4 is 25.5 Å². The van der Waals surface area contributed by atoms with E-state index in [2.05, 4.69) is 88.4 Å². The molecule has 0 aliphatic carbocycles. The fourth-order valence-corrected chi connectivity index (χ4v) is 23.7. The van der Waals surface area contributed by atoms with E-state index >= 15 is 0 Å². The van der Waals surface area contributed by atoms with Crippen molar-refractivity contribution in [3.63, 3.8) is 0 Å². The molecule has 0 saturated heterocycles. The summed E-state index contributed by atoms with van der Waals surface area (Å²) >= 11 is -3.63. The molecule has 0 N–H and O–H groups in total. The molecule has 0 atom stereocenters. The predicted octanol–water partition coefficient (Wildman–Crippen LogP) is 7.48. The van der Waals surface area contributed by atoms with Crippen molar-refractivity contribution in [3.05, 3.63) is 132 Å². The van der Waals surface area contributed by atoms with Crippen LogP contribution in [0.1, 0.15) is 38.8 Å². The van der Waals surface area contributed by atoms with Gasteiger partial charge in [0.05, 0.1) is 0 Å². The Morgan fingerprint density at radius 1 is 0.486 bits per heavy atom. The van der Waals surface area contributed by atoms with Gasteiger partial charge in [-0.15, -0.1) is 0 Å². The van der Waals surface area contributed by atoms with Crippen molar-refractivity contribution in [2.45, 2.75) is 47.4 Å². The van der Waals surface area contributed by atoms with Crippen molar-refractivity contribution in [1.82, 2.24) is 0 Å². The maximum absolute atomic E-state index is 14.1. The second-order valence-corrected chi connectivity index (χ2v) is 22.4. The molecule has 35 heavy (non-hydrogen) atoms. The van der Waals surface area contributed by atoms with Gasteiger partial charge in [-0.1, -0.05) is 0 Å². The molecule has 0 unspecified atom stereocenters. The Kier molecular flexibility index (Phi) is 7.51. The summed E-state index contributed by atoms with van der Waals surface area (Å²) in [5.74, 6) is -0.449. The van der Waals surface area contributed by atoms with Gasteiger partial charge in [-0.2, -0.15) is 0 Å². The molecule has 0 nitrogen and oxygen atoms in total. The Morgan fingerprint density at radius 3 is 1.11 bits per heavy atom. The molecule has 3 heteroatoms. The van der Waals surface area contributed by atoms with Gasteiger partial charge in [0, 0.05) is 0 Å². The number of rotatable bonds is 8. The molecule has 4 aromatic rings. The average molecular weight is 575 g/mol. The van der Waals surface area contributed by atoms with Crippen LogP contribution in [0.2, 0.25) is 8.87 Å². The summed E-state index contributed by atoms with van der Waals surface area (Å²) in [4.78, 5) is 0. The first-order valence-corrected chi connectivity index (χ1v) is 19.1. The van der Waals surface area contributed by atoms with Gasteiger partial charge in [0.15, 0.2) is 0 Å². The third-order valence-electron chi connectivity index (χ3n) is 7.39. The molecule has 0 spiro atoms. The minimum absolute atomic E-state index is 0.104. The van der Waals surface area contributed by atoms with Gasteiger partial charge in [0.1, 0.15) is 0 Å². The monoisotopic (exact) mass is 576 g/mol. The van der Waals surface area contributed by atoms with E-state index in [0.717, 1.165) is 8.87 Å². The van der Waals surface area contributed by atoms with Crippen LogP contribution in [0.25, 0.3) is 0 Å². The van der Waals surface area contributed by atoms with E-state index in [-0.39, 0.29) is 22.5 Å². The molecule has 0 aromatic heterocycles. The summed E-state index contributed by atoms with van der Waals surface area (Å²) < 4.78 is 32.7. The Labute approximate surface area is 212 Å². The Balaban J connectivity index is 1.95. The van der Waals surface area contributed by atoms with E-state index in [1.165, 1.54) is 18.3 Å². The van der Waals surface area contributed by atoms with E-state index in [0.29, 0.717) is 0 Å². The van der Waals surface area contributed by atoms with Gasteiger partial charge in [0.2, 0.25) is 0 Å². The molecule has 180 valence electrons. The van der Waals surface area contributed by atoms with Crippen LogP contribution in [0.15, 0.2) is 109 Å². The van der Waals surface area contributed by atoms with E-state index < -0.39 is 18.4 Å². The van der Waals surface area contributed by atoms with Gasteiger partial charge in [-0.25, -0.2) is 0 Å². The number of benzene rings is 4. The predicted molar refractivity (Wildman–Crippen MR) is 146 cm³/mol. The molecule has 0 amide bonds. The van der Waals surface area contributed by atoms with E-state index in [9.17, 15) is 8.78 Å². The third-order valence-corrected chi connectivity index (χ3v) is 24.1. The summed E-state index contributed by atoms with van der Waals surface area (Å²) in [6.07, 6.45) is 0. The summed E-state index contributed by atoms with van der Waals surface area (Å²) in [7, 11) is 0. The van der Waals surface area contributed by atoms with Gasteiger partial charge in [-0.05, 0) is 0 Å². The topological polar surface area (TPSA) is 0 Å². The second kappa shape index (κ2) is 10.3. The molecule has 0 aliphatic heterocycles. The van der Waals surface area contributed by atoms with Crippen molar-refractivity contribution in [3.8, 4) is 0 Å². The van der Waals surface area contributed by atoms with Crippen molar-refractivity contribution in [2.75, 3.05) is 0 Å². The average Bonchev–Trinajstić information content (AvgIpc) is 2.85. The zero-order chi connectivity index (χ0) is 25.1. The van der Waals surface area contributed by atoms with Crippen molar-refractivity contribution in [1.29, 1.82) is 0 Å². The van der Waals surface area contributed by atoms with Gasteiger partial charge in [-0.3, -0.25) is 0 Å². The molecule has 0 heterocycles. The summed E-state index contributed by atoms with van der Waals surface area (Å²) in [6.45, 7) is 9.26. The Hall–Kier alpha value is -2.46. The molecule has 0 radical (unpaired) electrons. The molecule has 0 saturated carbocycles. The number of hydrogen-bond acceptors (Lipinski definition) is 0. The Morgan fingerprint density at radius 2 is 0.800 bits per heavy atom. The van der Waals surface area contributed by atoms with Crippen LogP contribution in [0.4, 0.5) is 8.78 Å². The molecule has 4 rings (SSSR count). The van der Waals surface area contributed by atoms with E-state index in [4.69, 9.17) is 0 Å². The summed E-state index contributed by atoms with van der Waals surface area (Å²) in [5.41, 5.74) is 2.38. The van der Waals surface area contributed by atoms with Gasteiger partial charge < -0.3 is 0 Å². The van der Waals surface area contributed by atoms with Crippen LogP contribution in [0, 0.1) is 11.6 Å². The first kappa shape index (κ1) is 25.6. The van der Waals surface area contributed by atoms with Crippen LogP contribution in [-0.4, -0.2) is 18.4 Å². The van der Waals surface area contributed by atoms with Gasteiger partial charge in [0.25, 0.3) is 0 Å². The first-order chi connectivity index (χ1) is 16.6. The quantitative estimate of drug-likeness (QED) is 0.191. The maximum atomic E-state index is 14.1. The SMILES string of the molecule is CC(C)([CH2][Sn]([CH2]C(C)(C)c1ccccc1)([c]1ccc(F)cc1)[c]1ccc(F)cc1)c1ccccc1. The van der Waals surface area contributed by atoms with Crippen LogP contribution in [0.3, 0.4) is 0 Å². The standard InChI is InChI=1S/2C10H13.2C6H4F.Sn/c2*1-10(2,3)9-7-5-4-6-8-9;2*7-6-4-2-1-3-5-6;/h2*4-8H,1H2,2-3H3;2*2-5H;. The molecule has 0 fully saturated rings. The number of hydrogen-bond donors (Lipinski definition) is 0. The Bertz CT molecular complexity index is 1130. The normalized spacial score (nSPS) is 12.5. The minimum atomic E-state index is -3.63. The second-order valence-electron chi connectivity index (χ2n) is 10.9. The zero-order valence-corrected chi connectivity index (χ0v) is 23.9. The van der Waals surface area contributed by atoms with Gasteiger partial charge >= 0.3 is 214 Å². The van der Waals surface area contributed by atoms with Crippen LogP contribution < -0.4 is 7.16 Å². The van der Waals surface area contributed by atoms with Crippen LogP contribution >= 0.6 is 0 Å². The summed E-state index contributed by atoms with van der Waals surface area (Å²) in [6, 6.07) is 35.7. The molecular formula is C32H34F2Sn. The van der Waals surface area contributed by atoms with Crippen LogP contribution in [-0.2, 0) is 10.8 Å². The van der Waals surface area contributed by atoms with E-state index in [1.807, 2.05) is 24.3 Å². The first-order valence-electron chi connectivity index (χ1n) is 12.3. The number of halogens is 2. The molecule has 0 bridgehead atoms. The molecule has 4 aromatic carbocycles. The fraction of sp³-hybridized carbons (Fsp3) is 0.250.